The minimum atomic E-state index is 0.885. The molecule has 0 aromatic rings. The molecule has 0 amide bonds. The Morgan fingerprint density at radius 2 is 1.77 bits per heavy atom. The molecule has 2 heteroatoms. The Bertz CT molecular complexity index is 167. The van der Waals surface area contributed by atoms with Crippen molar-refractivity contribution in [3.05, 3.63) is 0 Å². The van der Waals surface area contributed by atoms with E-state index in [1.54, 1.807) is 0 Å². The van der Waals surface area contributed by atoms with Crippen molar-refractivity contribution >= 4 is 0 Å². The van der Waals surface area contributed by atoms with Gasteiger partial charge in [-0.3, -0.25) is 4.90 Å². The van der Waals surface area contributed by atoms with Crippen molar-refractivity contribution in [2.75, 3.05) is 33.2 Å². The smallest absolute Gasteiger partial charge is 0.0350 e. The van der Waals surface area contributed by atoms with Crippen molar-refractivity contribution in [3.63, 3.8) is 0 Å². The summed E-state index contributed by atoms with van der Waals surface area (Å²) in [6.45, 7) is 10.0. The summed E-state index contributed by atoms with van der Waals surface area (Å²) in [5.74, 6) is 1.89. The van der Waals surface area contributed by atoms with Gasteiger partial charge < -0.3 is 4.90 Å². The van der Waals surface area contributed by atoms with Crippen LogP contribution in [0.3, 0.4) is 0 Å². The van der Waals surface area contributed by atoms with Crippen molar-refractivity contribution in [1.29, 1.82) is 0 Å². The molecule has 0 saturated carbocycles. The van der Waals surface area contributed by atoms with Crippen LogP contribution in [0.4, 0.5) is 0 Å². The fourth-order valence-electron chi connectivity index (χ4n) is 2.62. The van der Waals surface area contributed by atoms with Crippen LogP contribution >= 0.6 is 0 Å². The van der Waals surface area contributed by atoms with E-state index in [1.165, 1.54) is 32.6 Å². The molecular weight excluding hydrogens is 160 g/mol. The van der Waals surface area contributed by atoms with Gasteiger partial charge in [-0.25, -0.2) is 0 Å². The van der Waals surface area contributed by atoms with Gasteiger partial charge in [0.15, 0.2) is 0 Å². The van der Waals surface area contributed by atoms with E-state index in [9.17, 15) is 0 Å². The lowest BCUT2D eigenvalue weighted by Crippen LogP contribution is -2.64. The SMILES string of the molecule is CC(C)CC1CN(C2CN(C)C2)C1. The molecule has 0 aliphatic carbocycles. The molecule has 2 nitrogen and oxygen atoms in total. The molecule has 2 heterocycles. The van der Waals surface area contributed by atoms with E-state index >= 15 is 0 Å². The van der Waals surface area contributed by atoms with Crippen LogP contribution in [0.15, 0.2) is 0 Å². The van der Waals surface area contributed by atoms with E-state index in [2.05, 4.69) is 30.7 Å². The molecular formula is C11H22N2. The molecule has 0 atom stereocenters. The molecule has 13 heavy (non-hydrogen) atoms. The second-order valence-electron chi connectivity index (χ2n) is 5.32. The van der Waals surface area contributed by atoms with Crippen LogP contribution in [0.2, 0.25) is 0 Å². The first kappa shape index (κ1) is 9.47. The predicted octanol–water partition coefficient (Wildman–Crippen LogP) is 1.28. The van der Waals surface area contributed by atoms with E-state index < -0.39 is 0 Å². The Hall–Kier alpha value is -0.0800. The van der Waals surface area contributed by atoms with E-state index in [4.69, 9.17) is 0 Å². The van der Waals surface area contributed by atoms with Crippen molar-refractivity contribution in [2.45, 2.75) is 26.3 Å². The van der Waals surface area contributed by atoms with E-state index in [0.29, 0.717) is 0 Å². The van der Waals surface area contributed by atoms with Crippen LogP contribution in [0.25, 0.3) is 0 Å². The molecule has 2 saturated heterocycles. The highest BCUT2D eigenvalue weighted by Gasteiger charge is 2.37. The zero-order chi connectivity index (χ0) is 9.42. The third-order valence-corrected chi connectivity index (χ3v) is 3.35. The lowest BCUT2D eigenvalue weighted by molar-refractivity contribution is -0.0259. The van der Waals surface area contributed by atoms with Crippen molar-refractivity contribution in [1.82, 2.24) is 9.80 Å². The van der Waals surface area contributed by atoms with Gasteiger partial charge in [0.25, 0.3) is 0 Å². The number of rotatable bonds is 3. The summed E-state index contributed by atoms with van der Waals surface area (Å²) in [7, 11) is 2.21. The fourth-order valence-corrected chi connectivity index (χ4v) is 2.62. The van der Waals surface area contributed by atoms with E-state index in [1.807, 2.05) is 0 Å². The largest absolute Gasteiger partial charge is 0.303 e. The summed E-state index contributed by atoms with van der Waals surface area (Å²) in [6, 6.07) is 0.897. The Balaban J connectivity index is 1.62. The fraction of sp³-hybridized carbons (Fsp3) is 1.00. The third kappa shape index (κ3) is 2.05. The Labute approximate surface area is 81.9 Å². The summed E-state index contributed by atoms with van der Waals surface area (Å²) in [5, 5.41) is 0. The molecule has 0 bridgehead atoms. The second kappa shape index (κ2) is 3.58. The van der Waals surface area contributed by atoms with Gasteiger partial charge in [0, 0.05) is 32.2 Å². The number of nitrogens with zero attached hydrogens (tertiary/aromatic N) is 2. The monoisotopic (exact) mass is 182 g/mol. The normalized spacial score (nSPS) is 27.7. The Morgan fingerprint density at radius 3 is 2.23 bits per heavy atom. The summed E-state index contributed by atoms with van der Waals surface area (Å²) >= 11 is 0. The Kier molecular flexibility index (Phi) is 2.61. The summed E-state index contributed by atoms with van der Waals surface area (Å²) in [5.41, 5.74) is 0. The van der Waals surface area contributed by atoms with Crippen molar-refractivity contribution in [2.24, 2.45) is 11.8 Å². The van der Waals surface area contributed by atoms with Gasteiger partial charge in [-0.15, -0.1) is 0 Å². The van der Waals surface area contributed by atoms with Crippen molar-refractivity contribution < 1.29 is 0 Å². The van der Waals surface area contributed by atoms with Gasteiger partial charge in [0.1, 0.15) is 0 Å². The van der Waals surface area contributed by atoms with Gasteiger partial charge in [-0.05, 0) is 25.3 Å². The highest BCUT2D eigenvalue weighted by molar-refractivity contribution is 4.93. The molecule has 0 radical (unpaired) electrons. The van der Waals surface area contributed by atoms with Crippen molar-refractivity contribution in [3.8, 4) is 0 Å². The van der Waals surface area contributed by atoms with Crippen LogP contribution in [-0.2, 0) is 0 Å². The first-order valence-corrected chi connectivity index (χ1v) is 5.57. The number of likely N-dealkylation sites (tertiary alicyclic amines) is 2. The van der Waals surface area contributed by atoms with E-state index in [0.717, 1.165) is 17.9 Å². The lowest BCUT2D eigenvalue weighted by Gasteiger charge is -2.51. The number of hydrogen-bond donors (Lipinski definition) is 0. The van der Waals surface area contributed by atoms with Gasteiger partial charge in [-0.2, -0.15) is 0 Å². The predicted molar refractivity (Wildman–Crippen MR) is 55.8 cm³/mol. The van der Waals surface area contributed by atoms with Crippen LogP contribution in [0.5, 0.6) is 0 Å². The Morgan fingerprint density at radius 1 is 1.15 bits per heavy atom. The van der Waals surface area contributed by atoms with Crippen LogP contribution < -0.4 is 0 Å². The highest BCUT2D eigenvalue weighted by Crippen LogP contribution is 2.27. The minimum Gasteiger partial charge on any atom is -0.303 e. The molecule has 2 aliphatic heterocycles. The summed E-state index contributed by atoms with van der Waals surface area (Å²) in [6.07, 6.45) is 1.43. The second-order valence-corrected chi connectivity index (χ2v) is 5.32. The zero-order valence-electron chi connectivity index (χ0n) is 9.16. The molecule has 0 unspecified atom stereocenters. The van der Waals surface area contributed by atoms with Crippen LogP contribution in [0.1, 0.15) is 20.3 Å². The summed E-state index contributed by atoms with van der Waals surface area (Å²) < 4.78 is 0. The number of hydrogen-bond acceptors (Lipinski definition) is 2. The average molecular weight is 182 g/mol. The molecule has 2 aliphatic rings. The van der Waals surface area contributed by atoms with Gasteiger partial charge in [-0.1, -0.05) is 13.8 Å². The molecule has 0 aromatic heterocycles. The maximum Gasteiger partial charge on any atom is 0.0350 e. The molecule has 0 N–H and O–H groups in total. The minimum absolute atomic E-state index is 0.885. The molecule has 2 fully saturated rings. The van der Waals surface area contributed by atoms with Crippen LogP contribution in [0, 0.1) is 11.8 Å². The zero-order valence-corrected chi connectivity index (χ0v) is 9.16. The maximum absolute atomic E-state index is 2.66. The molecule has 0 aromatic carbocycles. The third-order valence-electron chi connectivity index (χ3n) is 3.35. The van der Waals surface area contributed by atoms with Gasteiger partial charge >= 0.3 is 0 Å². The maximum atomic E-state index is 2.66. The van der Waals surface area contributed by atoms with Gasteiger partial charge in [0.2, 0.25) is 0 Å². The lowest BCUT2D eigenvalue weighted by atomic mass is 9.88. The standard InChI is InChI=1S/C11H22N2/c1-9(2)4-10-5-13(6-10)11-7-12(3)8-11/h9-11H,4-8H2,1-3H3. The van der Waals surface area contributed by atoms with Crippen LogP contribution in [-0.4, -0.2) is 49.1 Å². The first-order chi connectivity index (χ1) is 6.15. The number of likely N-dealkylation sites (N-methyl/N-ethyl adjacent to an activating group) is 1. The quantitative estimate of drug-likeness (QED) is 0.649. The molecule has 2 rings (SSSR count). The molecule has 0 spiro atoms. The van der Waals surface area contributed by atoms with Gasteiger partial charge in [0.05, 0.1) is 0 Å². The van der Waals surface area contributed by atoms with E-state index in [-0.39, 0.29) is 0 Å². The molecule has 76 valence electrons. The average Bonchev–Trinajstić information content (AvgIpc) is 1.90. The summed E-state index contributed by atoms with van der Waals surface area (Å²) in [4.78, 5) is 5.06. The topological polar surface area (TPSA) is 6.48 Å². The first-order valence-electron chi connectivity index (χ1n) is 5.57. The highest BCUT2D eigenvalue weighted by atomic mass is 15.3.